The van der Waals surface area contributed by atoms with E-state index in [-0.39, 0.29) is 0 Å². The molecule has 126 valence electrons. The molecule has 0 saturated heterocycles. The molecule has 2 aromatic rings. The number of nitrogens with zero attached hydrogens (tertiary/aromatic N) is 3. The summed E-state index contributed by atoms with van der Waals surface area (Å²) in [6, 6.07) is 0. The first-order chi connectivity index (χ1) is 10.9. The number of rotatable bonds is 5. The number of anilines is 1. The summed E-state index contributed by atoms with van der Waals surface area (Å²) in [6.45, 7) is 6.75. The normalized spacial score (nSPS) is 15.1. The highest BCUT2D eigenvalue weighted by Crippen LogP contribution is 2.34. The fourth-order valence-electron chi connectivity index (χ4n) is 3.56. The number of nitrogens with two attached hydrogens (primary N) is 1. The minimum absolute atomic E-state index is 0.535. The average molecular weight is 316 g/mol. The van der Waals surface area contributed by atoms with E-state index in [0.29, 0.717) is 12.2 Å². The molecule has 1 aliphatic rings. The monoisotopic (exact) mass is 316 g/mol. The summed E-state index contributed by atoms with van der Waals surface area (Å²) in [5.74, 6) is 0.535. The second-order valence-electron chi connectivity index (χ2n) is 7.37. The first kappa shape index (κ1) is 16.2. The Morgan fingerprint density at radius 3 is 2.70 bits per heavy atom. The van der Waals surface area contributed by atoms with Gasteiger partial charge in [0.15, 0.2) is 5.82 Å². The van der Waals surface area contributed by atoms with E-state index >= 15 is 0 Å². The van der Waals surface area contributed by atoms with Crippen LogP contribution in [0.15, 0.2) is 0 Å². The van der Waals surface area contributed by atoms with Crippen LogP contribution in [0, 0.1) is 0 Å². The summed E-state index contributed by atoms with van der Waals surface area (Å²) in [5.41, 5.74) is 9.82. The van der Waals surface area contributed by atoms with Gasteiger partial charge in [0.2, 0.25) is 0 Å². The topological polar surface area (TPSA) is 77.0 Å². The van der Waals surface area contributed by atoms with E-state index in [1.54, 1.807) is 0 Å². The van der Waals surface area contributed by atoms with E-state index in [1.165, 1.54) is 18.4 Å². The minimum atomic E-state index is -0.767. The maximum absolute atomic E-state index is 10.4. The second kappa shape index (κ2) is 6.11. The number of hydrogen-bond donors (Lipinski definition) is 2. The minimum Gasteiger partial charge on any atom is -0.390 e. The Kier molecular flexibility index (Phi) is 4.32. The molecule has 2 aromatic heterocycles. The number of aromatic nitrogens is 3. The predicted octanol–water partition coefficient (Wildman–Crippen LogP) is 3.01. The third kappa shape index (κ3) is 3.20. The summed E-state index contributed by atoms with van der Waals surface area (Å²) in [4.78, 5) is 4.61. The van der Waals surface area contributed by atoms with Gasteiger partial charge in [-0.3, -0.25) is 4.68 Å². The molecule has 0 spiro atoms. The van der Waals surface area contributed by atoms with Gasteiger partial charge in [-0.05, 0) is 51.5 Å². The highest BCUT2D eigenvalue weighted by Gasteiger charge is 2.26. The molecule has 0 aliphatic heterocycles. The maximum Gasteiger partial charge on any atom is 0.152 e. The lowest BCUT2D eigenvalue weighted by Gasteiger charge is -2.21. The second-order valence-corrected chi connectivity index (χ2v) is 7.37. The molecular formula is C18H28N4O. The lowest BCUT2D eigenvalue weighted by molar-refractivity contribution is 0.0789. The number of nitrogen functional groups attached to an aromatic ring is 1. The van der Waals surface area contributed by atoms with Crippen molar-refractivity contribution in [1.29, 1.82) is 0 Å². The SMILES string of the molecule is CCCCn1nc2c(N)nc3c(c2c1CC(C)(C)O)CCCC3. The molecule has 2 heterocycles. The average Bonchev–Trinajstić information content (AvgIpc) is 2.83. The van der Waals surface area contributed by atoms with Crippen LogP contribution in [0.4, 0.5) is 5.82 Å². The van der Waals surface area contributed by atoms with Gasteiger partial charge in [-0.15, -0.1) is 0 Å². The molecule has 5 heteroatoms. The number of aryl methyl sites for hydroxylation is 3. The third-order valence-corrected chi connectivity index (χ3v) is 4.62. The Morgan fingerprint density at radius 1 is 1.26 bits per heavy atom. The number of aliphatic hydroxyl groups is 1. The number of pyridine rings is 1. The van der Waals surface area contributed by atoms with Crippen molar-refractivity contribution < 1.29 is 5.11 Å². The van der Waals surface area contributed by atoms with Crippen LogP contribution in [0.1, 0.15) is 63.4 Å². The van der Waals surface area contributed by atoms with Crippen molar-refractivity contribution >= 4 is 16.7 Å². The Morgan fingerprint density at radius 2 is 2.00 bits per heavy atom. The maximum atomic E-state index is 10.4. The van der Waals surface area contributed by atoms with Crippen molar-refractivity contribution in [2.75, 3.05) is 5.73 Å². The van der Waals surface area contributed by atoms with E-state index in [9.17, 15) is 5.11 Å². The molecule has 0 saturated carbocycles. The molecule has 5 nitrogen and oxygen atoms in total. The van der Waals surface area contributed by atoms with Crippen molar-refractivity contribution in [2.45, 2.75) is 77.9 Å². The zero-order valence-electron chi connectivity index (χ0n) is 14.5. The molecule has 0 bridgehead atoms. The fraction of sp³-hybridized carbons (Fsp3) is 0.667. The van der Waals surface area contributed by atoms with Gasteiger partial charge in [0.1, 0.15) is 5.52 Å². The summed E-state index contributed by atoms with van der Waals surface area (Å²) < 4.78 is 2.05. The molecule has 0 aromatic carbocycles. The zero-order valence-corrected chi connectivity index (χ0v) is 14.5. The van der Waals surface area contributed by atoms with E-state index < -0.39 is 5.60 Å². The van der Waals surface area contributed by atoms with Gasteiger partial charge in [-0.25, -0.2) is 4.98 Å². The molecule has 0 unspecified atom stereocenters. The molecule has 1 aliphatic carbocycles. The lowest BCUT2D eigenvalue weighted by atomic mass is 9.90. The molecule has 3 rings (SSSR count). The van der Waals surface area contributed by atoms with Crippen LogP contribution in [0.2, 0.25) is 0 Å². The van der Waals surface area contributed by atoms with Crippen LogP contribution in [-0.2, 0) is 25.8 Å². The van der Waals surface area contributed by atoms with Gasteiger partial charge in [0.25, 0.3) is 0 Å². The van der Waals surface area contributed by atoms with E-state index in [4.69, 9.17) is 10.8 Å². The van der Waals surface area contributed by atoms with Gasteiger partial charge >= 0.3 is 0 Å². The summed E-state index contributed by atoms with van der Waals surface area (Å²) >= 11 is 0. The van der Waals surface area contributed by atoms with Gasteiger partial charge in [-0.1, -0.05) is 13.3 Å². The Balaban J connectivity index is 2.22. The van der Waals surface area contributed by atoms with E-state index in [2.05, 4.69) is 16.6 Å². The number of unbranched alkanes of at least 4 members (excludes halogenated alkanes) is 1. The van der Waals surface area contributed by atoms with Crippen LogP contribution >= 0.6 is 0 Å². The standard InChI is InChI=1S/C18H28N4O/c1-4-5-10-22-14(11-18(2,3)23)15-12-8-6-7-9-13(12)20-17(19)16(15)21-22/h23H,4-11H2,1-3H3,(H2,19,20). The largest absolute Gasteiger partial charge is 0.390 e. The molecule has 0 fully saturated rings. The lowest BCUT2D eigenvalue weighted by Crippen LogP contribution is -2.24. The van der Waals surface area contributed by atoms with Gasteiger partial charge in [0, 0.05) is 29.7 Å². The Labute approximate surface area is 137 Å². The summed E-state index contributed by atoms with van der Waals surface area (Å²) in [7, 11) is 0. The van der Waals surface area contributed by atoms with Crippen molar-refractivity contribution in [2.24, 2.45) is 0 Å². The number of fused-ring (bicyclic) bond motifs is 3. The first-order valence-corrected chi connectivity index (χ1v) is 8.79. The third-order valence-electron chi connectivity index (χ3n) is 4.62. The van der Waals surface area contributed by atoms with Gasteiger partial charge in [0.05, 0.1) is 5.60 Å². The number of hydrogen-bond acceptors (Lipinski definition) is 4. The van der Waals surface area contributed by atoms with Gasteiger partial charge < -0.3 is 10.8 Å². The van der Waals surface area contributed by atoms with Crippen LogP contribution in [0.5, 0.6) is 0 Å². The van der Waals surface area contributed by atoms with E-state index in [1.807, 2.05) is 13.8 Å². The zero-order chi connectivity index (χ0) is 16.6. The molecule has 0 amide bonds. The van der Waals surface area contributed by atoms with Crippen molar-refractivity contribution in [1.82, 2.24) is 14.8 Å². The highest BCUT2D eigenvalue weighted by atomic mass is 16.3. The van der Waals surface area contributed by atoms with Crippen molar-refractivity contribution in [3.05, 3.63) is 17.0 Å². The van der Waals surface area contributed by atoms with Crippen LogP contribution in [0.25, 0.3) is 10.9 Å². The first-order valence-electron chi connectivity index (χ1n) is 8.79. The van der Waals surface area contributed by atoms with Crippen LogP contribution in [0.3, 0.4) is 0 Å². The molecule has 23 heavy (non-hydrogen) atoms. The van der Waals surface area contributed by atoms with Crippen LogP contribution in [-0.4, -0.2) is 25.5 Å². The summed E-state index contributed by atoms with van der Waals surface area (Å²) in [5, 5.41) is 16.3. The fourth-order valence-corrected chi connectivity index (χ4v) is 3.56. The quantitative estimate of drug-likeness (QED) is 0.889. The predicted molar refractivity (Wildman–Crippen MR) is 93.5 cm³/mol. The molecular weight excluding hydrogens is 288 g/mol. The molecule has 0 atom stereocenters. The smallest absolute Gasteiger partial charge is 0.152 e. The van der Waals surface area contributed by atoms with Gasteiger partial charge in [-0.2, -0.15) is 5.10 Å². The Bertz CT molecular complexity index is 712. The van der Waals surface area contributed by atoms with E-state index in [0.717, 1.165) is 54.5 Å². The molecule has 0 radical (unpaired) electrons. The van der Waals surface area contributed by atoms with Crippen molar-refractivity contribution in [3.8, 4) is 0 Å². The molecule has 3 N–H and O–H groups in total. The Hall–Kier alpha value is -1.62. The summed E-state index contributed by atoms with van der Waals surface area (Å²) in [6.07, 6.45) is 7.18. The van der Waals surface area contributed by atoms with Crippen LogP contribution < -0.4 is 5.73 Å². The van der Waals surface area contributed by atoms with Crippen molar-refractivity contribution in [3.63, 3.8) is 0 Å². The highest BCUT2D eigenvalue weighted by molar-refractivity contribution is 5.93.